The molecule has 1 rings (SSSR count). The molecule has 15 heavy (non-hydrogen) atoms. The Balaban J connectivity index is 2.21. The Labute approximate surface area is 101 Å². The van der Waals surface area contributed by atoms with Crippen LogP contribution in [0.1, 0.15) is 52.4 Å². The van der Waals surface area contributed by atoms with Crippen LogP contribution in [0.3, 0.4) is 0 Å². The normalized spacial score (nSPS) is 22.2. The van der Waals surface area contributed by atoms with Gasteiger partial charge in [-0.25, -0.2) is 0 Å². The molecule has 1 nitrogen and oxygen atoms in total. The molecule has 0 unspecified atom stereocenters. The summed E-state index contributed by atoms with van der Waals surface area (Å²) in [4.78, 5) is 2.57. The fourth-order valence-electron chi connectivity index (χ4n) is 2.48. The largest absolute Gasteiger partial charge is 0.303 e. The van der Waals surface area contributed by atoms with Crippen LogP contribution in [0, 0.1) is 5.41 Å². The van der Waals surface area contributed by atoms with Crippen molar-refractivity contribution in [1.82, 2.24) is 4.90 Å². The van der Waals surface area contributed by atoms with E-state index in [0.717, 1.165) is 11.8 Å². The number of unbranched alkanes of at least 4 members (excludes halogenated alkanes) is 1. The summed E-state index contributed by atoms with van der Waals surface area (Å²) < 4.78 is 0. The molecule has 0 amide bonds. The summed E-state index contributed by atoms with van der Waals surface area (Å²) in [5.74, 6) is 1.03. The first kappa shape index (κ1) is 13.4. The van der Waals surface area contributed by atoms with Gasteiger partial charge in [-0.2, -0.15) is 12.6 Å². The first-order valence-electron chi connectivity index (χ1n) is 6.36. The Morgan fingerprint density at radius 3 is 2.33 bits per heavy atom. The average molecular weight is 229 g/mol. The molecule has 0 atom stereocenters. The fourth-order valence-corrected chi connectivity index (χ4v) is 2.70. The first-order chi connectivity index (χ1) is 7.05. The first-order valence-corrected chi connectivity index (χ1v) is 6.99. The molecule has 0 N–H and O–H groups in total. The van der Waals surface area contributed by atoms with E-state index in [1.807, 2.05) is 0 Å². The number of hydrogen-bond donors (Lipinski definition) is 1. The summed E-state index contributed by atoms with van der Waals surface area (Å²) in [6, 6.07) is 0.845. The van der Waals surface area contributed by atoms with E-state index in [4.69, 9.17) is 0 Å². The molecule has 90 valence electrons. The number of hydrogen-bond acceptors (Lipinski definition) is 2. The zero-order chi connectivity index (χ0) is 11.3. The minimum atomic E-state index is 0.600. The lowest BCUT2D eigenvalue weighted by Gasteiger charge is -2.38. The van der Waals surface area contributed by atoms with Crippen molar-refractivity contribution in [2.45, 2.75) is 58.4 Å². The van der Waals surface area contributed by atoms with Crippen molar-refractivity contribution in [3.8, 4) is 0 Å². The van der Waals surface area contributed by atoms with E-state index in [-0.39, 0.29) is 0 Å². The molecule has 0 heterocycles. The number of nitrogens with zero attached hydrogens (tertiary/aromatic N) is 1. The molecular formula is C13H27NS. The van der Waals surface area contributed by atoms with E-state index in [9.17, 15) is 0 Å². The lowest BCUT2D eigenvalue weighted by atomic mass is 9.75. The molecule has 1 saturated carbocycles. The zero-order valence-corrected chi connectivity index (χ0v) is 11.5. The van der Waals surface area contributed by atoms with Crippen LogP contribution >= 0.6 is 12.6 Å². The van der Waals surface area contributed by atoms with Gasteiger partial charge in [0.25, 0.3) is 0 Å². The third-order valence-corrected chi connectivity index (χ3v) is 4.17. The van der Waals surface area contributed by atoms with E-state index in [1.54, 1.807) is 0 Å². The molecule has 1 fully saturated rings. The molecule has 0 aromatic carbocycles. The van der Waals surface area contributed by atoms with Crippen molar-refractivity contribution >= 4 is 12.6 Å². The third kappa shape index (κ3) is 4.78. The van der Waals surface area contributed by atoms with Gasteiger partial charge in [0.1, 0.15) is 0 Å². The maximum atomic E-state index is 4.25. The second kappa shape index (κ2) is 6.15. The summed E-state index contributed by atoms with van der Waals surface area (Å²) in [6.45, 7) is 6.07. The summed E-state index contributed by atoms with van der Waals surface area (Å²) in [5.41, 5.74) is 0.600. The molecule has 0 saturated heterocycles. The highest BCUT2D eigenvalue weighted by Crippen LogP contribution is 2.36. The van der Waals surface area contributed by atoms with Crippen LogP contribution in [0.2, 0.25) is 0 Å². The Hall–Kier alpha value is 0.310. The van der Waals surface area contributed by atoms with Crippen molar-refractivity contribution in [2.24, 2.45) is 5.41 Å². The maximum absolute atomic E-state index is 4.25. The van der Waals surface area contributed by atoms with Crippen LogP contribution < -0.4 is 0 Å². The summed E-state index contributed by atoms with van der Waals surface area (Å²) in [5, 5.41) is 0. The standard InChI is InChI=1S/C13H27NS/c1-13(2)8-6-12(7-9-13)14(3)10-4-5-11-15/h12,15H,4-11H2,1-3H3. The molecule has 0 aliphatic heterocycles. The molecular weight excluding hydrogens is 202 g/mol. The second-order valence-electron chi connectivity index (χ2n) is 5.81. The Morgan fingerprint density at radius 1 is 1.20 bits per heavy atom. The predicted octanol–water partition coefficient (Wildman–Crippen LogP) is 3.60. The average Bonchev–Trinajstić information content (AvgIpc) is 2.18. The van der Waals surface area contributed by atoms with Gasteiger partial charge in [0.2, 0.25) is 0 Å². The molecule has 2 heteroatoms. The van der Waals surface area contributed by atoms with Gasteiger partial charge < -0.3 is 4.90 Å². The van der Waals surface area contributed by atoms with Gasteiger partial charge in [-0.15, -0.1) is 0 Å². The fraction of sp³-hybridized carbons (Fsp3) is 1.00. The third-order valence-electron chi connectivity index (χ3n) is 3.85. The lowest BCUT2D eigenvalue weighted by Crippen LogP contribution is -2.37. The summed E-state index contributed by atoms with van der Waals surface area (Å²) >= 11 is 4.25. The SMILES string of the molecule is CN(CCCCS)C1CCC(C)(C)CC1. The van der Waals surface area contributed by atoms with E-state index in [1.165, 1.54) is 45.1 Å². The maximum Gasteiger partial charge on any atom is 0.00926 e. The summed E-state index contributed by atoms with van der Waals surface area (Å²) in [6.07, 6.45) is 8.14. The molecule has 0 aromatic heterocycles. The number of rotatable bonds is 5. The van der Waals surface area contributed by atoms with Crippen LogP contribution in [0.5, 0.6) is 0 Å². The quantitative estimate of drug-likeness (QED) is 0.557. The van der Waals surface area contributed by atoms with E-state index in [2.05, 4.69) is 38.4 Å². The van der Waals surface area contributed by atoms with Crippen LogP contribution in [0.25, 0.3) is 0 Å². The van der Waals surface area contributed by atoms with Gasteiger partial charge in [0.15, 0.2) is 0 Å². The van der Waals surface area contributed by atoms with Crippen molar-refractivity contribution < 1.29 is 0 Å². The minimum Gasteiger partial charge on any atom is -0.303 e. The van der Waals surface area contributed by atoms with Crippen molar-refractivity contribution in [3.63, 3.8) is 0 Å². The van der Waals surface area contributed by atoms with Gasteiger partial charge in [-0.3, -0.25) is 0 Å². The highest BCUT2D eigenvalue weighted by atomic mass is 32.1. The van der Waals surface area contributed by atoms with Crippen molar-refractivity contribution in [2.75, 3.05) is 19.3 Å². The monoisotopic (exact) mass is 229 g/mol. The van der Waals surface area contributed by atoms with Gasteiger partial charge in [-0.1, -0.05) is 13.8 Å². The lowest BCUT2D eigenvalue weighted by molar-refractivity contribution is 0.127. The molecule has 1 aliphatic carbocycles. The Morgan fingerprint density at radius 2 is 1.80 bits per heavy atom. The second-order valence-corrected chi connectivity index (χ2v) is 6.25. The molecule has 0 bridgehead atoms. The topological polar surface area (TPSA) is 3.24 Å². The smallest absolute Gasteiger partial charge is 0.00926 e. The molecule has 1 aliphatic rings. The van der Waals surface area contributed by atoms with Crippen LogP contribution in [0.15, 0.2) is 0 Å². The Kier molecular flexibility index (Phi) is 5.48. The van der Waals surface area contributed by atoms with Crippen LogP contribution in [0.4, 0.5) is 0 Å². The highest BCUT2D eigenvalue weighted by Gasteiger charge is 2.28. The van der Waals surface area contributed by atoms with Crippen molar-refractivity contribution in [1.29, 1.82) is 0 Å². The van der Waals surface area contributed by atoms with Gasteiger partial charge >= 0.3 is 0 Å². The van der Waals surface area contributed by atoms with Gasteiger partial charge in [0.05, 0.1) is 0 Å². The minimum absolute atomic E-state index is 0.600. The Bertz CT molecular complexity index is 169. The van der Waals surface area contributed by atoms with Crippen LogP contribution in [-0.4, -0.2) is 30.3 Å². The zero-order valence-electron chi connectivity index (χ0n) is 10.6. The summed E-state index contributed by atoms with van der Waals surface area (Å²) in [7, 11) is 2.29. The predicted molar refractivity (Wildman–Crippen MR) is 71.8 cm³/mol. The van der Waals surface area contributed by atoms with E-state index in [0.29, 0.717) is 5.41 Å². The van der Waals surface area contributed by atoms with E-state index >= 15 is 0 Å². The van der Waals surface area contributed by atoms with Crippen molar-refractivity contribution in [3.05, 3.63) is 0 Å². The highest BCUT2D eigenvalue weighted by molar-refractivity contribution is 7.80. The molecule has 0 aromatic rings. The van der Waals surface area contributed by atoms with Gasteiger partial charge in [0, 0.05) is 6.04 Å². The number of thiol groups is 1. The van der Waals surface area contributed by atoms with Crippen LogP contribution in [-0.2, 0) is 0 Å². The molecule has 0 spiro atoms. The molecule has 0 radical (unpaired) electrons. The van der Waals surface area contributed by atoms with Gasteiger partial charge in [-0.05, 0) is 63.3 Å². The van der Waals surface area contributed by atoms with E-state index < -0.39 is 0 Å².